The minimum Gasteiger partial charge on any atom is -0.330 e. The van der Waals surface area contributed by atoms with Crippen LogP contribution >= 0.6 is 0 Å². The minimum atomic E-state index is 0.546. The van der Waals surface area contributed by atoms with Gasteiger partial charge in [-0.2, -0.15) is 0 Å². The highest BCUT2D eigenvalue weighted by molar-refractivity contribution is 4.67. The van der Waals surface area contributed by atoms with Crippen molar-refractivity contribution in [1.29, 1.82) is 0 Å². The minimum absolute atomic E-state index is 0.546. The molecule has 0 unspecified atom stereocenters. The Hall–Kier alpha value is -0.0800. The van der Waals surface area contributed by atoms with Crippen LogP contribution in [-0.2, 0) is 0 Å². The molecular formula is C16H36N2. The third kappa shape index (κ3) is 14.0. The lowest BCUT2D eigenvalue weighted by Gasteiger charge is -1.99. The second kappa shape index (κ2) is 15.0. The molecule has 4 N–H and O–H groups in total. The van der Waals surface area contributed by atoms with Crippen LogP contribution < -0.4 is 11.5 Å². The van der Waals surface area contributed by atoms with Gasteiger partial charge < -0.3 is 11.5 Å². The molecule has 0 aliphatic heterocycles. The second-order valence-corrected chi connectivity index (χ2v) is 5.66. The van der Waals surface area contributed by atoms with Crippen molar-refractivity contribution in [3.8, 4) is 0 Å². The summed E-state index contributed by atoms with van der Waals surface area (Å²) in [5.41, 5.74) is 10.9. The van der Waals surface area contributed by atoms with Crippen LogP contribution in [0.15, 0.2) is 0 Å². The molecule has 0 aromatic carbocycles. The maximum Gasteiger partial charge on any atom is 0.00388 e. The number of hydrogen-bond acceptors (Lipinski definition) is 2. The molecule has 0 radical (unpaired) electrons. The van der Waals surface area contributed by atoms with Crippen LogP contribution in [0.4, 0.5) is 0 Å². The first-order valence-electron chi connectivity index (χ1n) is 8.27. The van der Waals surface area contributed by atoms with E-state index in [4.69, 9.17) is 11.5 Å². The summed E-state index contributed by atoms with van der Waals surface area (Å²) in [5, 5.41) is 0. The Morgan fingerprint density at radius 3 is 1.56 bits per heavy atom. The van der Waals surface area contributed by atoms with Crippen molar-refractivity contribution in [3.63, 3.8) is 0 Å². The molecule has 1 fully saturated rings. The molecule has 1 rings (SSSR count). The summed E-state index contributed by atoms with van der Waals surface area (Å²) in [5.74, 6) is 0. The molecule has 2 heteroatoms. The summed E-state index contributed by atoms with van der Waals surface area (Å²) >= 11 is 0. The highest BCUT2D eigenvalue weighted by atomic mass is 14.6. The van der Waals surface area contributed by atoms with Crippen LogP contribution in [0, 0.1) is 0 Å². The van der Waals surface area contributed by atoms with Crippen LogP contribution in [0.5, 0.6) is 0 Å². The van der Waals surface area contributed by atoms with Gasteiger partial charge >= 0.3 is 0 Å². The van der Waals surface area contributed by atoms with Crippen molar-refractivity contribution in [3.05, 3.63) is 0 Å². The summed E-state index contributed by atoms with van der Waals surface area (Å²) < 4.78 is 0. The Bertz CT molecular complexity index is 132. The smallest absolute Gasteiger partial charge is 0.00388 e. The van der Waals surface area contributed by atoms with E-state index in [1.54, 1.807) is 0 Å². The van der Waals surface area contributed by atoms with Gasteiger partial charge in [0, 0.05) is 6.04 Å². The lowest BCUT2D eigenvalue weighted by atomic mass is 10.1. The van der Waals surface area contributed by atoms with Gasteiger partial charge in [-0.1, -0.05) is 71.1 Å². The molecule has 0 bridgehead atoms. The van der Waals surface area contributed by atoms with E-state index in [1.807, 2.05) is 0 Å². The van der Waals surface area contributed by atoms with Gasteiger partial charge in [0.2, 0.25) is 0 Å². The summed E-state index contributed by atoms with van der Waals surface area (Å²) in [6.45, 7) is 3.14. The zero-order valence-corrected chi connectivity index (χ0v) is 12.6. The normalized spacial score (nSPS) is 15.5. The molecular weight excluding hydrogens is 220 g/mol. The lowest BCUT2D eigenvalue weighted by Crippen LogP contribution is -2.13. The van der Waals surface area contributed by atoms with E-state index in [-0.39, 0.29) is 0 Å². The zero-order chi connectivity index (χ0) is 13.5. The number of hydrogen-bond donors (Lipinski definition) is 2. The molecule has 1 aliphatic carbocycles. The van der Waals surface area contributed by atoms with Gasteiger partial charge in [-0.3, -0.25) is 0 Å². The van der Waals surface area contributed by atoms with Crippen LogP contribution in [0.25, 0.3) is 0 Å². The topological polar surface area (TPSA) is 52.0 Å². The molecule has 1 saturated carbocycles. The summed E-state index contributed by atoms with van der Waals surface area (Å²) in [4.78, 5) is 0. The molecule has 110 valence electrons. The van der Waals surface area contributed by atoms with Gasteiger partial charge in [-0.05, 0) is 25.8 Å². The summed E-state index contributed by atoms with van der Waals surface area (Å²) in [6, 6.07) is 0.546. The maximum atomic E-state index is 5.53. The monoisotopic (exact) mass is 256 g/mol. The fourth-order valence-electron chi connectivity index (χ4n) is 2.41. The highest BCUT2D eigenvalue weighted by Gasteiger charge is 2.07. The number of rotatable bonds is 9. The molecule has 18 heavy (non-hydrogen) atoms. The molecule has 0 aromatic rings. The fraction of sp³-hybridized carbons (Fsp3) is 1.00. The van der Waals surface area contributed by atoms with E-state index >= 15 is 0 Å². The molecule has 2 nitrogen and oxygen atoms in total. The van der Waals surface area contributed by atoms with Crippen LogP contribution in [0.2, 0.25) is 0 Å². The SMILES string of the molecule is CCCCCCCCCCCN.NC1CCCC1. The van der Waals surface area contributed by atoms with Crippen LogP contribution in [0.3, 0.4) is 0 Å². The molecule has 0 saturated heterocycles. The average Bonchev–Trinajstić information content (AvgIpc) is 2.85. The van der Waals surface area contributed by atoms with Gasteiger partial charge in [0.15, 0.2) is 0 Å². The van der Waals surface area contributed by atoms with Crippen LogP contribution in [0.1, 0.15) is 90.4 Å². The van der Waals surface area contributed by atoms with Crippen molar-refractivity contribution in [2.75, 3.05) is 6.54 Å². The Kier molecular flexibility index (Phi) is 14.9. The van der Waals surface area contributed by atoms with Crippen molar-refractivity contribution < 1.29 is 0 Å². The van der Waals surface area contributed by atoms with Gasteiger partial charge in [0.25, 0.3) is 0 Å². The second-order valence-electron chi connectivity index (χ2n) is 5.66. The number of nitrogens with two attached hydrogens (primary N) is 2. The molecule has 0 spiro atoms. The first-order chi connectivity index (χ1) is 8.81. The van der Waals surface area contributed by atoms with E-state index in [0.717, 1.165) is 6.54 Å². The van der Waals surface area contributed by atoms with Gasteiger partial charge in [-0.25, -0.2) is 0 Å². The number of unbranched alkanes of at least 4 members (excludes halogenated alkanes) is 8. The van der Waals surface area contributed by atoms with Crippen molar-refractivity contribution >= 4 is 0 Å². The van der Waals surface area contributed by atoms with E-state index in [9.17, 15) is 0 Å². The quantitative estimate of drug-likeness (QED) is 0.602. The Morgan fingerprint density at radius 2 is 1.22 bits per heavy atom. The zero-order valence-electron chi connectivity index (χ0n) is 12.6. The Balaban J connectivity index is 0.000000397. The van der Waals surface area contributed by atoms with Gasteiger partial charge in [0.1, 0.15) is 0 Å². The standard InChI is InChI=1S/C11H25N.C5H11N/c1-2-3-4-5-6-7-8-9-10-11-12;6-5-3-1-2-4-5/h2-12H2,1H3;5H,1-4,6H2. The predicted octanol–water partition coefficient (Wildman–Crippen LogP) is 4.36. The van der Waals surface area contributed by atoms with Crippen LogP contribution in [-0.4, -0.2) is 12.6 Å². The van der Waals surface area contributed by atoms with E-state index in [2.05, 4.69) is 6.92 Å². The maximum absolute atomic E-state index is 5.53. The predicted molar refractivity (Wildman–Crippen MR) is 82.7 cm³/mol. The van der Waals surface area contributed by atoms with Crippen molar-refractivity contribution in [1.82, 2.24) is 0 Å². The van der Waals surface area contributed by atoms with E-state index < -0.39 is 0 Å². The third-order valence-electron chi connectivity index (χ3n) is 3.71. The summed E-state index contributed by atoms with van der Waals surface area (Å²) in [7, 11) is 0. The van der Waals surface area contributed by atoms with Crippen molar-refractivity contribution in [2.45, 2.75) is 96.4 Å². The largest absolute Gasteiger partial charge is 0.330 e. The van der Waals surface area contributed by atoms with Gasteiger partial charge in [-0.15, -0.1) is 0 Å². The van der Waals surface area contributed by atoms with E-state index in [0.29, 0.717) is 6.04 Å². The highest BCUT2D eigenvalue weighted by Crippen LogP contribution is 2.14. The average molecular weight is 256 g/mol. The van der Waals surface area contributed by atoms with Crippen molar-refractivity contribution in [2.24, 2.45) is 11.5 Å². The Morgan fingerprint density at radius 1 is 0.778 bits per heavy atom. The molecule has 0 atom stereocenters. The summed E-state index contributed by atoms with van der Waals surface area (Å²) in [6.07, 6.45) is 17.7. The van der Waals surface area contributed by atoms with Gasteiger partial charge in [0.05, 0.1) is 0 Å². The molecule has 1 aliphatic rings. The third-order valence-corrected chi connectivity index (χ3v) is 3.71. The molecule has 0 aromatic heterocycles. The Labute approximate surface area is 115 Å². The molecule has 0 heterocycles. The lowest BCUT2D eigenvalue weighted by molar-refractivity contribution is 0.567. The van der Waals surface area contributed by atoms with E-state index in [1.165, 1.54) is 83.5 Å². The first kappa shape index (κ1) is 17.9. The fourth-order valence-corrected chi connectivity index (χ4v) is 2.41. The first-order valence-corrected chi connectivity index (χ1v) is 8.27. The molecule has 0 amide bonds.